The molecule has 134 valence electrons. The maximum absolute atomic E-state index is 12.3. The third kappa shape index (κ3) is 3.64. The van der Waals surface area contributed by atoms with Gasteiger partial charge in [-0.05, 0) is 42.5 Å². The van der Waals surface area contributed by atoms with Crippen molar-refractivity contribution in [1.82, 2.24) is 15.2 Å². The van der Waals surface area contributed by atoms with E-state index in [4.69, 9.17) is 4.74 Å². The van der Waals surface area contributed by atoms with E-state index in [1.165, 1.54) is 0 Å². The quantitative estimate of drug-likeness (QED) is 0.589. The molecule has 27 heavy (non-hydrogen) atoms. The lowest BCUT2D eigenvalue weighted by Gasteiger charge is -2.16. The van der Waals surface area contributed by atoms with Crippen LogP contribution in [0.1, 0.15) is 16.2 Å². The number of ether oxygens (including phenoxy) is 1. The Labute approximate surface area is 156 Å². The van der Waals surface area contributed by atoms with Gasteiger partial charge in [0.25, 0.3) is 5.91 Å². The number of fused-ring (bicyclic) bond motifs is 1. The molecule has 0 saturated heterocycles. The molecule has 1 N–H and O–H groups in total. The number of hydrogen-bond donors (Lipinski definition) is 1. The Balaban J connectivity index is 1.42. The molecule has 0 aliphatic rings. The standard InChI is InChI=1S/C21H18N4O2/c1-25(21(26)20-12-13-22-24-20)17-8-10-18(11-9-17)27-14-16-7-6-15-4-2-3-5-19(15)23-16/h2-13H,14H2,1H3,(H,22,24). The van der Waals surface area contributed by atoms with Crippen molar-refractivity contribution in [3.8, 4) is 5.75 Å². The number of hydrogen-bond acceptors (Lipinski definition) is 4. The number of carbonyl (C=O) groups excluding carboxylic acids is 1. The zero-order chi connectivity index (χ0) is 18.6. The Morgan fingerprint density at radius 2 is 1.85 bits per heavy atom. The van der Waals surface area contributed by atoms with Crippen LogP contribution in [0.3, 0.4) is 0 Å². The van der Waals surface area contributed by atoms with Crippen molar-refractivity contribution in [2.24, 2.45) is 0 Å². The first-order valence-corrected chi connectivity index (χ1v) is 8.56. The summed E-state index contributed by atoms with van der Waals surface area (Å²) in [6, 6.07) is 21.0. The number of carbonyl (C=O) groups is 1. The predicted octanol–water partition coefficient (Wildman–Crippen LogP) is 3.81. The molecular weight excluding hydrogens is 340 g/mol. The minimum Gasteiger partial charge on any atom is -0.487 e. The van der Waals surface area contributed by atoms with Crippen LogP contribution < -0.4 is 9.64 Å². The highest BCUT2D eigenvalue weighted by atomic mass is 16.5. The second-order valence-electron chi connectivity index (χ2n) is 6.11. The molecule has 0 bridgehead atoms. The van der Waals surface area contributed by atoms with Crippen molar-refractivity contribution in [2.75, 3.05) is 11.9 Å². The van der Waals surface area contributed by atoms with Crippen LogP contribution in [0.25, 0.3) is 10.9 Å². The number of nitrogens with one attached hydrogen (secondary N) is 1. The molecule has 0 unspecified atom stereocenters. The number of pyridine rings is 1. The molecule has 0 atom stereocenters. The summed E-state index contributed by atoms with van der Waals surface area (Å²) < 4.78 is 5.83. The molecule has 0 aliphatic carbocycles. The second-order valence-corrected chi connectivity index (χ2v) is 6.11. The molecular formula is C21H18N4O2. The summed E-state index contributed by atoms with van der Waals surface area (Å²) in [7, 11) is 1.72. The summed E-state index contributed by atoms with van der Waals surface area (Å²) in [5.74, 6) is 0.567. The number of anilines is 1. The Morgan fingerprint density at radius 1 is 1.04 bits per heavy atom. The first-order chi connectivity index (χ1) is 13.2. The summed E-state index contributed by atoms with van der Waals surface area (Å²) in [6.45, 7) is 0.382. The van der Waals surface area contributed by atoms with E-state index in [0.717, 1.165) is 28.0 Å². The lowest BCUT2D eigenvalue weighted by Crippen LogP contribution is -2.26. The Hall–Kier alpha value is -3.67. The van der Waals surface area contributed by atoms with E-state index in [9.17, 15) is 4.79 Å². The lowest BCUT2D eigenvalue weighted by molar-refractivity contribution is 0.0988. The van der Waals surface area contributed by atoms with E-state index in [2.05, 4.69) is 15.2 Å². The Bertz CT molecular complexity index is 1060. The lowest BCUT2D eigenvalue weighted by atomic mass is 10.2. The van der Waals surface area contributed by atoms with Gasteiger partial charge in [0.05, 0.1) is 11.2 Å². The molecule has 2 aromatic heterocycles. The number of rotatable bonds is 5. The smallest absolute Gasteiger partial charge is 0.276 e. The molecule has 2 heterocycles. The van der Waals surface area contributed by atoms with Crippen molar-refractivity contribution in [2.45, 2.75) is 6.61 Å². The van der Waals surface area contributed by atoms with Gasteiger partial charge in [-0.15, -0.1) is 0 Å². The maximum atomic E-state index is 12.3. The molecule has 0 saturated carbocycles. The topological polar surface area (TPSA) is 71.1 Å². The normalized spacial score (nSPS) is 10.7. The minimum absolute atomic E-state index is 0.151. The number of aromatic nitrogens is 3. The fourth-order valence-corrected chi connectivity index (χ4v) is 2.78. The van der Waals surface area contributed by atoms with Crippen molar-refractivity contribution in [3.05, 3.63) is 84.3 Å². The van der Waals surface area contributed by atoms with Gasteiger partial charge < -0.3 is 9.64 Å². The SMILES string of the molecule is CN(C(=O)c1ccn[nH]1)c1ccc(OCc2ccc3ccccc3n2)cc1. The highest BCUT2D eigenvalue weighted by Crippen LogP contribution is 2.21. The zero-order valence-electron chi connectivity index (χ0n) is 14.8. The van der Waals surface area contributed by atoms with Gasteiger partial charge in [0, 0.05) is 24.3 Å². The number of H-pyrrole nitrogens is 1. The van der Waals surface area contributed by atoms with Gasteiger partial charge in [0.15, 0.2) is 0 Å². The van der Waals surface area contributed by atoms with Crippen LogP contribution in [0, 0.1) is 0 Å². The third-order valence-corrected chi connectivity index (χ3v) is 4.30. The fourth-order valence-electron chi connectivity index (χ4n) is 2.78. The number of para-hydroxylation sites is 1. The van der Waals surface area contributed by atoms with Gasteiger partial charge >= 0.3 is 0 Å². The van der Waals surface area contributed by atoms with Crippen LogP contribution >= 0.6 is 0 Å². The minimum atomic E-state index is -0.151. The third-order valence-electron chi connectivity index (χ3n) is 4.30. The van der Waals surface area contributed by atoms with Gasteiger partial charge in [-0.2, -0.15) is 5.10 Å². The van der Waals surface area contributed by atoms with Crippen LogP contribution in [0.15, 0.2) is 72.9 Å². The van der Waals surface area contributed by atoms with Gasteiger partial charge in [-0.3, -0.25) is 9.89 Å². The van der Waals surface area contributed by atoms with Gasteiger partial charge in [-0.25, -0.2) is 4.98 Å². The van der Waals surface area contributed by atoms with Crippen molar-refractivity contribution < 1.29 is 9.53 Å². The predicted molar refractivity (Wildman–Crippen MR) is 104 cm³/mol. The fraction of sp³-hybridized carbons (Fsp3) is 0.0952. The monoisotopic (exact) mass is 358 g/mol. The summed E-state index contributed by atoms with van der Waals surface area (Å²) in [6.07, 6.45) is 1.55. The highest BCUT2D eigenvalue weighted by molar-refractivity contribution is 6.04. The molecule has 2 aromatic carbocycles. The average Bonchev–Trinajstić information content (AvgIpc) is 3.26. The van der Waals surface area contributed by atoms with Crippen LogP contribution in [0.5, 0.6) is 5.75 Å². The summed E-state index contributed by atoms with van der Waals surface area (Å²) in [4.78, 5) is 18.5. The highest BCUT2D eigenvalue weighted by Gasteiger charge is 2.14. The zero-order valence-corrected chi connectivity index (χ0v) is 14.8. The number of benzene rings is 2. The van der Waals surface area contributed by atoms with Crippen LogP contribution in [-0.4, -0.2) is 28.1 Å². The molecule has 6 heteroatoms. The average molecular weight is 358 g/mol. The molecule has 4 aromatic rings. The summed E-state index contributed by atoms with van der Waals surface area (Å²) in [5, 5.41) is 7.59. The van der Waals surface area contributed by atoms with E-state index in [1.54, 1.807) is 24.2 Å². The van der Waals surface area contributed by atoms with Gasteiger partial charge in [0.2, 0.25) is 0 Å². The largest absolute Gasteiger partial charge is 0.487 e. The van der Waals surface area contributed by atoms with Crippen LogP contribution in [-0.2, 0) is 6.61 Å². The van der Waals surface area contributed by atoms with E-state index in [1.807, 2.05) is 60.7 Å². The maximum Gasteiger partial charge on any atom is 0.276 e. The number of amides is 1. The molecule has 4 rings (SSSR count). The summed E-state index contributed by atoms with van der Waals surface area (Å²) in [5.41, 5.74) is 3.03. The molecule has 0 spiro atoms. The van der Waals surface area contributed by atoms with E-state index in [-0.39, 0.29) is 5.91 Å². The molecule has 1 amide bonds. The molecule has 6 nitrogen and oxygen atoms in total. The molecule has 0 radical (unpaired) electrons. The van der Waals surface area contributed by atoms with Crippen LogP contribution in [0.2, 0.25) is 0 Å². The molecule has 0 fully saturated rings. The van der Waals surface area contributed by atoms with Crippen molar-refractivity contribution in [1.29, 1.82) is 0 Å². The first kappa shape index (κ1) is 16.8. The van der Waals surface area contributed by atoms with E-state index in [0.29, 0.717) is 12.3 Å². The molecule has 0 aliphatic heterocycles. The van der Waals surface area contributed by atoms with Crippen molar-refractivity contribution >= 4 is 22.5 Å². The van der Waals surface area contributed by atoms with Gasteiger partial charge in [-0.1, -0.05) is 24.3 Å². The van der Waals surface area contributed by atoms with Crippen molar-refractivity contribution in [3.63, 3.8) is 0 Å². The van der Waals surface area contributed by atoms with Gasteiger partial charge in [0.1, 0.15) is 18.1 Å². The first-order valence-electron chi connectivity index (χ1n) is 8.56. The Kier molecular flexibility index (Phi) is 4.53. The van der Waals surface area contributed by atoms with E-state index < -0.39 is 0 Å². The van der Waals surface area contributed by atoms with E-state index >= 15 is 0 Å². The Morgan fingerprint density at radius 3 is 2.63 bits per heavy atom. The number of aromatic amines is 1. The van der Waals surface area contributed by atoms with Crippen LogP contribution in [0.4, 0.5) is 5.69 Å². The second kappa shape index (κ2) is 7.29. The number of nitrogens with zero attached hydrogens (tertiary/aromatic N) is 3. The summed E-state index contributed by atoms with van der Waals surface area (Å²) >= 11 is 0.